The number of fused-ring (bicyclic) bond motifs is 16. The van der Waals surface area contributed by atoms with E-state index in [4.69, 9.17) is 4.42 Å². The standard InChI is InChI=1S/C57H49N3O/c1-7-46-52-39-20-12-11-19-36(39)25-29-42(52)53-44-31-37-26-28-41-40-21-13-16-24-50(40)61-55(41)51(37)56-58(33-45(44)54(53)59(46)34(2)3)48-22-14-15-23-49(48)60(56)47-30-27-38(57(4,5)6)32-43(47)35-17-9-8-10-18-35/h7-30,32,34,53-54H,1,31,33H2,2-6H3/q+2. The van der Waals surface area contributed by atoms with Gasteiger partial charge >= 0.3 is 0 Å². The molecule has 0 saturated carbocycles. The number of hydrogen-bond donors (Lipinski definition) is 0. The zero-order valence-corrected chi connectivity index (χ0v) is 35.5. The number of nitrogens with zero attached hydrogens (tertiary/aromatic N) is 3. The second-order valence-electron chi connectivity index (χ2n) is 18.6. The highest BCUT2D eigenvalue weighted by Crippen LogP contribution is 2.54. The smallest absolute Gasteiger partial charge is 0.299 e. The Labute approximate surface area is 357 Å². The lowest BCUT2D eigenvalue weighted by molar-refractivity contribution is -0.662. The molecule has 0 fully saturated rings. The lowest BCUT2D eigenvalue weighted by atomic mass is 9.62. The van der Waals surface area contributed by atoms with Crippen molar-refractivity contribution in [3.05, 3.63) is 192 Å². The summed E-state index contributed by atoms with van der Waals surface area (Å²) in [6.07, 6.45) is 2.96. The molecule has 12 rings (SSSR count). The van der Waals surface area contributed by atoms with Crippen molar-refractivity contribution in [3.8, 4) is 28.2 Å². The third-order valence-corrected chi connectivity index (χ3v) is 14.0. The van der Waals surface area contributed by atoms with Gasteiger partial charge in [0.25, 0.3) is 5.82 Å². The van der Waals surface area contributed by atoms with Crippen LogP contribution in [-0.2, 0) is 18.4 Å². The van der Waals surface area contributed by atoms with Crippen molar-refractivity contribution in [2.24, 2.45) is 0 Å². The van der Waals surface area contributed by atoms with E-state index in [0.717, 1.165) is 46.4 Å². The number of imidazole rings is 1. The van der Waals surface area contributed by atoms with Crippen LogP contribution in [0, 0.1) is 0 Å². The summed E-state index contributed by atoms with van der Waals surface area (Å²) in [4.78, 5) is 0. The van der Waals surface area contributed by atoms with Gasteiger partial charge < -0.3 is 4.42 Å². The van der Waals surface area contributed by atoms with Gasteiger partial charge in [-0.1, -0.05) is 143 Å². The van der Waals surface area contributed by atoms with Crippen molar-refractivity contribution < 1.29 is 13.6 Å². The van der Waals surface area contributed by atoms with Crippen LogP contribution >= 0.6 is 0 Å². The number of rotatable bonds is 4. The Kier molecular flexibility index (Phi) is 7.76. The average Bonchev–Trinajstić information content (AvgIpc) is 3.80. The second-order valence-corrected chi connectivity index (χ2v) is 18.6. The molecule has 2 aliphatic heterocycles. The van der Waals surface area contributed by atoms with Crippen molar-refractivity contribution in [3.63, 3.8) is 0 Å². The predicted molar refractivity (Wildman–Crippen MR) is 251 cm³/mol. The summed E-state index contributed by atoms with van der Waals surface area (Å²) >= 11 is 0. The fourth-order valence-corrected chi connectivity index (χ4v) is 11.2. The lowest BCUT2D eigenvalue weighted by Gasteiger charge is -2.45. The first-order valence-corrected chi connectivity index (χ1v) is 21.9. The molecule has 3 aliphatic rings. The number of furan rings is 1. The normalized spacial score (nSPS) is 17.2. The van der Waals surface area contributed by atoms with E-state index in [1.54, 1.807) is 0 Å². The van der Waals surface area contributed by atoms with Crippen LogP contribution in [0.25, 0.3) is 71.9 Å². The number of aromatic nitrogens is 2. The molecule has 0 saturated heterocycles. The third kappa shape index (κ3) is 5.11. The average molecular weight is 792 g/mol. The van der Waals surface area contributed by atoms with Crippen LogP contribution in [-0.4, -0.2) is 26.9 Å². The van der Waals surface area contributed by atoms with Gasteiger partial charge in [0.2, 0.25) is 5.71 Å². The van der Waals surface area contributed by atoms with E-state index in [1.807, 2.05) is 0 Å². The Morgan fingerprint density at radius 3 is 2.30 bits per heavy atom. The zero-order valence-electron chi connectivity index (χ0n) is 35.5. The lowest BCUT2D eigenvalue weighted by Crippen LogP contribution is -2.55. The second kappa shape index (κ2) is 13.1. The minimum Gasteiger partial charge on any atom is -0.455 e. The molecular weight excluding hydrogens is 743 g/mol. The van der Waals surface area contributed by atoms with Crippen molar-refractivity contribution in [2.75, 3.05) is 0 Å². The first-order chi connectivity index (χ1) is 29.7. The molecule has 9 aromatic rings. The number of allylic oxidation sites excluding steroid dienone is 1. The van der Waals surface area contributed by atoms with E-state index < -0.39 is 0 Å². The Morgan fingerprint density at radius 2 is 1.49 bits per heavy atom. The van der Waals surface area contributed by atoms with E-state index in [0.29, 0.717) is 0 Å². The summed E-state index contributed by atoms with van der Waals surface area (Å²) in [6, 6.07) is 54.4. The van der Waals surface area contributed by atoms with Crippen LogP contribution in [0.1, 0.15) is 62.8 Å². The molecule has 0 bridgehead atoms. The van der Waals surface area contributed by atoms with Crippen LogP contribution in [0.3, 0.4) is 0 Å². The highest BCUT2D eigenvalue weighted by atomic mass is 16.3. The number of para-hydroxylation sites is 3. The molecule has 4 heteroatoms. The number of hydrogen-bond acceptors (Lipinski definition) is 1. The van der Waals surface area contributed by atoms with Gasteiger partial charge in [0, 0.05) is 28.0 Å². The SMILES string of the molecule is C=CC1=[N+](C(C)C)C2C3=C(Cc4ccc5c(oc6ccccc65)c4-c4n(-c5ccc(C(C)(C)C)cc5-c5ccccc5)c5ccccc5[n+]4C3)C2c2ccc3ccccc3c21. The van der Waals surface area contributed by atoms with Crippen molar-refractivity contribution in [1.29, 1.82) is 0 Å². The Morgan fingerprint density at radius 1 is 0.738 bits per heavy atom. The fourth-order valence-electron chi connectivity index (χ4n) is 11.2. The van der Waals surface area contributed by atoms with Crippen molar-refractivity contribution in [2.45, 2.75) is 71.0 Å². The molecular formula is C57H49N3O+2. The minimum absolute atomic E-state index is 0.0183. The predicted octanol–water partition coefficient (Wildman–Crippen LogP) is 13.0. The van der Waals surface area contributed by atoms with Crippen LogP contribution < -0.4 is 4.57 Å². The number of benzene rings is 7. The summed E-state index contributed by atoms with van der Waals surface area (Å²) < 4.78 is 14.9. The molecule has 2 atom stereocenters. The van der Waals surface area contributed by atoms with Gasteiger partial charge in [-0.25, -0.2) is 9.14 Å². The molecule has 0 radical (unpaired) electrons. The maximum absolute atomic E-state index is 7.07. The monoisotopic (exact) mass is 791 g/mol. The van der Waals surface area contributed by atoms with Crippen LogP contribution in [0.15, 0.2) is 174 Å². The van der Waals surface area contributed by atoms with E-state index >= 15 is 0 Å². The van der Waals surface area contributed by atoms with E-state index in [-0.39, 0.29) is 23.4 Å². The minimum atomic E-state index is -0.0183. The Balaban J connectivity index is 1.21. The van der Waals surface area contributed by atoms with Gasteiger partial charge in [-0.05, 0) is 94.6 Å². The Hall–Kier alpha value is -6.78. The van der Waals surface area contributed by atoms with Gasteiger partial charge in [-0.2, -0.15) is 4.57 Å². The summed E-state index contributed by atoms with van der Waals surface area (Å²) in [5.41, 5.74) is 18.6. The maximum Gasteiger partial charge on any atom is 0.299 e. The van der Waals surface area contributed by atoms with Crippen LogP contribution in [0.4, 0.5) is 0 Å². The molecule has 1 aliphatic carbocycles. The molecule has 7 aromatic carbocycles. The molecule has 4 heterocycles. The van der Waals surface area contributed by atoms with Crippen molar-refractivity contribution >= 4 is 49.5 Å². The molecule has 2 aromatic heterocycles. The molecule has 0 amide bonds. The van der Waals surface area contributed by atoms with Gasteiger partial charge in [-0.15, -0.1) is 0 Å². The highest BCUT2D eigenvalue weighted by molar-refractivity contribution is 6.16. The largest absolute Gasteiger partial charge is 0.455 e. The summed E-state index contributed by atoms with van der Waals surface area (Å²) in [6.45, 7) is 16.9. The van der Waals surface area contributed by atoms with Crippen LogP contribution in [0.5, 0.6) is 0 Å². The van der Waals surface area contributed by atoms with Crippen molar-refractivity contribution in [1.82, 2.24) is 4.57 Å². The first kappa shape index (κ1) is 36.1. The van der Waals surface area contributed by atoms with E-state index in [9.17, 15) is 0 Å². The molecule has 296 valence electrons. The molecule has 0 N–H and O–H groups in total. The van der Waals surface area contributed by atoms with E-state index in [1.165, 1.54) is 77.6 Å². The molecule has 0 spiro atoms. The van der Waals surface area contributed by atoms with Gasteiger partial charge in [0.05, 0.1) is 11.5 Å². The maximum atomic E-state index is 7.07. The topological polar surface area (TPSA) is 25.0 Å². The highest BCUT2D eigenvalue weighted by Gasteiger charge is 2.56. The molecule has 2 unspecified atom stereocenters. The zero-order chi connectivity index (χ0) is 41.3. The van der Waals surface area contributed by atoms with E-state index in [2.05, 4.69) is 207 Å². The summed E-state index contributed by atoms with van der Waals surface area (Å²) in [7, 11) is 0. The van der Waals surface area contributed by atoms with Gasteiger partial charge in [0.15, 0.2) is 22.7 Å². The summed E-state index contributed by atoms with van der Waals surface area (Å²) in [5, 5.41) is 4.86. The summed E-state index contributed by atoms with van der Waals surface area (Å²) in [5.74, 6) is 1.41. The van der Waals surface area contributed by atoms with Crippen LogP contribution in [0.2, 0.25) is 0 Å². The van der Waals surface area contributed by atoms with Gasteiger partial charge in [-0.3, -0.25) is 0 Å². The first-order valence-electron chi connectivity index (χ1n) is 21.9. The molecule has 4 nitrogen and oxygen atoms in total. The van der Waals surface area contributed by atoms with Gasteiger partial charge in [0.1, 0.15) is 29.4 Å². The quantitative estimate of drug-likeness (QED) is 0.129. The fraction of sp³-hybridized carbons (Fsp3) is 0.193. The Bertz CT molecular complexity index is 3400. The third-order valence-electron chi connectivity index (χ3n) is 14.0. The molecule has 61 heavy (non-hydrogen) atoms.